The van der Waals surface area contributed by atoms with Crippen molar-refractivity contribution in [1.29, 1.82) is 0 Å². The van der Waals surface area contributed by atoms with Crippen LogP contribution in [0.3, 0.4) is 0 Å². The highest BCUT2D eigenvalue weighted by atomic mass is 16.2. The molecule has 1 aliphatic heterocycles. The van der Waals surface area contributed by atoms with Gasteiger partial charge < -0.3 is 15.5 Å². The zero-order valence-electron chi connectivity index (χ0n) is 12.0. The Labute approximate surface area is 115 Å². The number of likely N-dealkylation sites (N-methyl/N-ethyl adjacent to an activating group) is 2. The molecule has 1 aromatic carbocycles. The van der Waals surface area contributed by atoms with Crippen molar-refractivity contribution in [2.75, 3.05) is 32.9 Å². The van der Waals surface area contributed by atoms with Crippen LogP contribution in [0.2, 0.25) is 0 Å². The van der Waals surface area contributed by atoms with Gasteiger partial charge in [0, 0.05) is 30.9 Å². The minimum atomic E-state index is 0.0952. The van der Waals surface area contributed by atoms with E-state index in [9.17, 15) is 4.79 Å². The van der Waals surface area contributed by atoms with Gasteiger partial charge in [0.1, 0.15) is 0 Å². The molecule has 0 spiro atoms. The fraction of sp³-hybridized carbons (Fsp3) is 0.533. The normalized spacial score (nSPS) is 20.3. The van der Waals surface area contributed by atoms with Crippen molar-refractivity contribution >= 4 is 11.6 Å². The number of piperidine rings is 1. The minimum absolute atomic E-state index is 0.0952. The molecule has 4 heteroatoms. The average molecular weight is 261 g/mol. The fourth-order valence-corrected chi connectivity index (χ4v) is 2.74. The molecule has 1 heterocycles. The third-order valence-electron chi connectivity index (χ3n) is 3.95. The van der Waals surface area contributed by atoms with Gasteiger partial charge in [-0.3, -0.25) is 4.79 Å². The number of likely N-dealkylation sites (tertiary alicyclic amines) is 1. The second kappa shape index (κ2) is 5.61. The Balaban J connectivity index is 2.14. The number of rotatable bonds is 2. The molecule has 1 aliphatic rings. The summed E-state index contributed by atoms with van der Waals surface area (Å²) in [7, 11) is 4.01. The standard InChI is InChI=1S/C15H23N3O/c1-11-9-12(16)6-7-14(11)15(19)18(3)13-5-4-8-17(2)10-13/h6-7,9,13H,4-5,8,10,16H2,1-3H3. The van der Waals surface area contributed by atoms with E-state index < -0.39 is 0 Å². The minimum Gasteiger partial charge on any atom is -0.399 e. The lowest BCUT2D eigenvalue weighted by Gasteiger charge is -2.36. The predicted molar refractivity (Wildman–Crippen MR) is 78.2 cm³/mol. The number of nitrogen functional groups attached to an aromatic ring is 1. The van der Waals surface area contributed by atoms with Crippen LogP contribution >= 0.6 is 0 Å². The average Bonchev–Trinajstić information content (AvgIpc) is 2.37. The highest BCUT2D eigenvalue weighted by Crippen LogP contribution is 2.19. The summed E-state index contributed by atoms with van der Waals surface area (Å²) in [6.45, 7) is 4.01. The van der Waals surface area contributed by atoms with Crippen molar-refractivity contribution in [2.24, 2.45) is 0 Å². The van der Waals surface area contributed by atoms with Crippen molar-refractivity contribution in [3.63, 3.8) is 0 Å². The summed E-state index contributed by atoms with van der Waals surface area (Å²) < 4.78 is 0. The Hall–Kier alpha value is -1.55. The van der Waals surface area contributed by atoms with Crippen LogP contribution in [0.1, 0.15) is 28.8 Å². The van der Waals surface area contributed by atoms with Gasteiger partial charge in [0.15, 0.2) is 0 Å². The lowest BCUT2D eigenvalue weighted by Crippen LogP contribution is -2.47. The van der Waals surface area contributed by atoms with Gasteiger partial charge in [-0.15, -0.1) is 0 Å². The molecule has 104 valence electrons. The first kappa shape index (κ1) is 13.9. The van der Waals surface area contributed by atoms with Crippen LogP contribution in [0.25, 0.3) is 0 Å². The monoisotopic (exact) mass is 261 g/mol. The van der Waals surface area contributed by atoms with Crippen LogP contribution in [0.5, 0.6) is 0 Å². The van der Waals surface area contributed by atoms with Crippen molar-refractivity contribution in [2.45, 2.75) is 25.8 Å². The van der Waals surface area contributed by atoms with Crippen LogP contribution in [0.15, 0.2) is 18.2 Å². The number of hydrogen-bond acceptors (Lipinski definition) is 3. The SMILES string of the molecule is Cc1cc(N)ccc1C(=O)N(C)C1CCCN(C)C1. The van der Waals surface area contributed by atoms with Gasteiger partial charge in [0.05, 0.1) is 0 Å². The number of benzene rings is 1. The molecule has 2 rings (SSSR count). The predicted octanol–water partition coefficient (Wildman–Crippen LogP) is 1.74. The Kier molecular flexibility index (Phi) is 4.10. The van der Waals surface area contributed by atoms with E-state index in [-0.39, 0.29) is 5.91 Å². The fourth-order valence-electron chi connectivity index (χ4n) is 2.74. The number of carbonyl (C=O) groups is 1. The molecule has 19 heavy (non-hydrogen) atoms. The van der Waals surface area contributed by atoms with Crippen LogP contribution in [-0.2, 0) is 0 Å². The smallest absolute Gasteiger partial charge is 0.254 e. The lowest BCUT2D eigenvalue weighted by molar-refractivity contribution is 0.0643. The molecule has 0 aromatic heterocycles. The number of anilines is 1. The molecule has 1 fully saturated rings. The molecule has 1 atom stereocenters. The van der Waals surface area contributed by atoms with Gasteiger partial charge in [0.2, 0.25) is 0 Å². The summed E-state index contributed by atoms with van der Waals surface area (Å²) in [5, 5.41) is 0. The topological polar surface area (TPSA) is 49.6 Å². The molecule has 4 nitrogen and oxygen atoms in total. The highest BCUT2D eigenvalue weighted by Gasteiger charge is 2.25. The maximum absolute atomic E-state index is 12.5. The first-order valence-corrected chi connectivity index (χ1v) is 6.81. The zero-order chi connectivity index (χ0) is 14.0. The van der Waals surface area contributed by atoms with E-state index in [1.54, 1.807) is 6.07 Å². The van der Waals surface area contributed by atoms with Gasteiger partial charge in [-0.2, -0.15) is 0 Å². The Bertz CT molecular complexity index is 472. The second-order valence-corrected chi connectivity index (χ2v) is 5.55. The van der Waals surface area contributed by atoms with E-state index in [4.69, 9.17) is 5.73 Å². The molecular formula is C15H23N3O. The highest BCUT2D eigenvalue weighted by molar-refractivity contribution is 5.96. The Morgan fingerprint density at radius 1 is 1.47 bits per heavy atom. The van der Waals surface area contributed by atoms with E-state index in [2.05, 4.69) is 11.9 Å². The number of nitrogens with two attached hydrogens (primary N) is 1. The van der Waals surface area contributed by atoms with Gasteiger partial charge in [-0.1, -0.05) is 0 Å². The van der Waals surface area contributed by atoms with Crippen molar-refractivity contribution in [3.8, 4) is 0 Å². The number of aryl methyl sites for hydroxylation is 1. The molecule has 0 bridgehead atoms. The molecule has 0 aliphatic carbocycles. The van der Waals surface area contributed by atoms with E-state index in [1.165, 1.54) is 0 Å². The number of hydrogen-bond donors (Lipinski definition) is 1. The first-order valence-electron chi connectivity index (χ1n) is 6.81. The molecule has 1 amide bonds. The molecule has 1 aromatic rings. The first-order chi connectivity index (χ1) is 8.99. The summed E-state index contributed by atoms with van der Waals surface area (Å²) >= 11 is 0. The summed E-state index contributed by atoms with van der Waals surface area (Å²) in [6, 6.07) is 5.79. The Morgan fingerprint density at radius 2 is 2.21 bits per heavy atom. The summed E-state index contributed by atoms with van der Waals surface area (Å²) in [4.78, 5) is 16.7. The number of carbonyl (C=O) groups excluding carboxylic acids is 1. The third kappa shape index (κ3) is 3.07. The largest absolute Gasteiger partial charge is 0.399 e. The number of amides is 1. The van der Waals surface area contributed by atoms with Crippen LogP contribution < -0.4 is 5.73 Å². The summed E-state index contributed by atoms with van der Waals surface area (Å²) in [6.07, 6.45) is 2.24. The van der Waals surface area contributed by atoms with Crippen molar-refractivity contribution in [1.82, 2.24) is 9.80 Å². The van der Waals surface area contributed by atoms with Gasteiger partial charge in [0.25, 0.3) is 5.91 Å². The maximum Gasteiger partial charge on any atom is 0.254 e. The van der Waals surface area contributed by atoms with Gasteiger partial charge >= 0.3 is 0 Å². The second-order valence-electron chi connectivity index (χ2n) is 5.55. The third-order valence-corrected chi connectivity index (χ3v) is 3.95. The molecule has 1 saturated heterocycles. The zero-order valence-corrected chi connectivity index (χ0v) is 12.0. The van der Waals surface area contributed by atoms with Crippen molar-refractivity contribution < 1.29 is 4.79 Å². The van der Waals surface area contributed by atoms with Crippen LogP contribution in [-0.4, -0.2) is 48.9 Å². The number of nitrogens with zero attached hydrogens (tertiary/aromatic N) is 2. The molecular weight excluding hydrogens is 238 g/mol. The van der Waals surface area contributed by atoms with Crippen molar-refractivity contribution in [3.05, 3.63) is 29.3 Å². The lowest BCUT2D eigenvalue weighted by atomic mass is 10.0. The van der Waals surface area contributed by atoms with E-state index in [0.29, 0.717) is 11.7 Å². The van der Waals surface area contributed by atoms with E-state index in [1.807, 2.05) is 31.0 Å². The van der Waals surface area contributed by atoms with E-state index >= 15 is 0 Å². The summed E-state index contributed by atoms with van der Waals surface area (Å²) in [5.41, 5.74) is 8.14. The quantitative estimate of drug-likeness (QED) is 0.825. The van der Waals surface area contributed by atoms with Gasteiger partial charge in [-0.25, -0.2) is 0 Å². The van der Waals surface area contributed by atoms with E-state index in [0.717, 1.165) is 37.1 Å². The molecule has 0 saturated carbocycles. The summed E-state index contributed by atoms with van der Waals surface area (Å²) in [5.74, 6) is 0.0952. The molecule has 1 unspecified atom stereocenters. The molecule has 2 N–H and O–H groups in total. The van der Waals surface area contributed by atoms with Crippen LogP contribution in [0.4, 0.5) is 5.69 Å². The Morgan fingerprint density at radius 3 is 2.84 bits per heavy atom. The van der Waals surface area contributed by atoms with Crippen LogP contribution in [0, 0.1) is 6.92 Å². The van der Waals surface area contributed by atoms with Gasteiger partial charge in [-0.05, 0) is 57.1 Å². The molecule has 0 radical (unpaired) electrons. The maximum atomic E-state index is 12.5.